The predicted octanol–water partition coefficient (Wildman–Crippen LogP) is 0.204. The molecule has 87 heavy (non-hydrogen) atoms. The van der Waals surface area contributed by atoms with Crippen LogP contribution in [0.25, 0.3) is 10.9 Å². The number of hydrogen-bond donors (Lipinski definition) is 8. The number of hydrogen-bond acceptors (Lipinski definition) is 22. The third kappa shape index (κ3) is 31.1. The van der Waals surface area contributed by atoms with E-state index in [0.717, 1.165) is 11.1 Å². The van der Waals surface area contributed by atoms with Gasteiger partial charge in [-0.25, -0.2) is 13.4 Å². The molecule has 9 N–H and O–H groups in total. The zero-order valence-corrected chi connectivity index (χ0v) is 51.0. The maximum atomic E-state index is 13.8. The van der Waals surface area contributed by atoms with Gasteiger partial charge in [-0.3, -0.25) is 24.0 Å². The van der Waals surface area contributed by atoms with E-state index < -0.39 is 51.7 Å². The Morgan fingerprint density at radius 2 is 1.10 bits per heavy atom. The molecule has 2 aromatic heterocycles. The maximum Gasteiger partial charge on any atom is 0.323 e. The van der Waals surface area contributed by atoms with Crippen LogP contribution in [0.15, 0.2) is 58.6 Å². The summed E-state index contributed by atoms with van der Waals surface area (Å²) in [6.07, 6.45) is 4.92. The second-order valence-electron chi connectivity index (χ2n) is 19.2. The summed E-state index contributed by atoms with van der Waals surface area (Å²) in [6.45, 7) is 14.7. The van der Waals surface area contributed by atoms with Crippen LogP contribution in [0, 0.1) is 20.8 Å². The molecular formula is C57H89N9O20S. The van der Waals surface area contributed by atoms with E-state index in [0.29, 0.717) is 181 Å². The number of carboxylic acid groups (broad SMARTS) is 1. The van der Waals surface area contributed by atoms with Gasteiger partial charge in [0.1, 0.15) is 24.8 Å². The van der Waals surface area contributed by atoms with E-state index in [1.165, 1.54) is 6.20 Å². The van der Waals surface area contributed by atoms with Gasteiger partial charge in [-0.05, 0) is 56.0 Å². The molecule has 1 atom stereocenters. The summed E-state index contributed by atoms with van der Waals surface area (Å²) < 4.78 is 95.9. The van der Waals surface area contributed by atoms with Crippen molar-refractivity contribution in [2.45, 2.75) is 51.2 Å². The van der Waals surface area contributed by atoms with Crippen molar-refractivity contribution < 1.29 is 89.5 Å². The monoisotopic (exact) mass is 1250 g/mol. The van der Waals surface area contributed by atoms with Crippen LogP contribution in [0.3, 0.4) is 0 Å². The SMILES string of the molecule is Cc1cc(C)c(S(=O)(=O)N[C@H](CNC(=O)c2cn(CCCNC(=O)COCC(=O)NCCOCCOCCOCCOCCOCCOCCOCCOCCOCCOCCOCCN)c3cc(CNc4ncc[nH]4)ccc3c2=O)C(=O)O)c(C)c1. The van der Waals surface area contributed by atoms with Crippen LogP contribution in [-0.4, -0.2) is 243 Å². The second kappa shape index (κ2) is 44.4. The van der Waals surface area contributed by atoms with Crippen LogP contribution < -0.4 is 37.2 Å². The third-order valence-electron chi connectivity index (χ3n) is 12.2. The van der Waals surface area contributed by atoms with Crippen LogP contribution >= 0.6 is 0 Å². The summed E-state index contributed by atoms with van der Waals surface area (Å²) in [4.78, 5) is 71.7. The van der Waals surface area contributed by atoms with Crippen molar-refractivity contribution in [2.24, 2.45) is 5.73 Å². The maximum absolute atomic E-state index is 13.8. The van der Waals surface area contributed by atoms with Gasteiger partial charge < -0.3 is 98.5 Å². The number of aromatic nitrogens is 3. The number of nitrogens with two attached hydrogens (primary N) is 1. The third-order valence-corrected chi connectivity index (χ3v) is 14.0. The van der Waals surface area contributed by atoms with Crippen molar-refractivity contribution in [3.63, 3.8) is 0 Å². The van der Waals surface area contributed by atoms with E-state index in [2.05, 4.69) is 36.0 Å². The van der Waals surface area contributed by atoms with Gasteiger partial charge in [0.2, 0.25) is 27.3 Å². The van der Waals surface area contributed by atoms with Gasteiger partial charge in [0.25, 0.3) is 5.91 Å². The Balaban J connectivity index is 0.996. The van der Waals surface area contributed by atoms with E-state index in [1.54, 1.807) is 61.1 Å². The smallest absolute Gasteiger partial charge is 0.323 e. The highest BCUT2D eigenvalue weighted by atomic mass is 32.2. The Morgan fingerprint density at radius 3 is 1.56 bits per heavy atom. The van der Waals surface area contributed by atoms with E-state index in [9.17, 15) is 37.5 Å². The molecule has 3 amide bonds. The summed E-state index contributed by atoms with van der Waals surface area (Å²) >= 11 is 0. The van der Waals surface area contributed by atoms with E-state index in [1.807, 2.05) is 6.92 Å². The number of benzene rings is 2. The number of anilines is 1. The number of aromatic amines is 1. The highest BCUT2D eigenvalue weighted by Gasteiger charge is 2.29. The lowest BCUT2D eigenvalue weighted by molar-refractivity contribution is -0.138. The van der Waals surface area contributed by atoms with Gasteiger partial charge in [-0.15, -0.1) is 0 Å². The van der Waals surface area contributed by atoms with Crippen molar-refractivity contribution >= 4 is 50.6 Å². The fraction of sp³-hybridized carbons (Fsp3) is 0.614. The number of H-pyrrole nitrogens is 1. The van der Waals surface area contributed by atoms with Crippen molar-refractivity contribution in [3.8, 4) is 0 Å². The zero-order valence-electron chi connectivity index (χ0n) is 50.2. The van der Waals surface area contributed by atoms with Crippen LogP contribution in [0.4, 0.5) is 5.95 Å². The number of nitrogens with zero attached hydrogens (tertiary/aromatic N) is 2. The first kappa shape index (κ1) is 73.4. The Hall–Kier alpha value is -6.07. The molecule has 0 aliphatic carbocycles. The Bertz CT molecular complexity index is 2750. The standard InChI is InChI=1S/C57H89N9O20S/c1-43-35-44(2)54(45(3)36-43)87(73,74)65-49(56(71)72)39-63-55(70)48-40-66(50-37-46(5-6-47(50)53(48)69)38-64-57-61-9-10-62-57)12-4-8-59-51(67)41-86-42-52(68)60-11-14-76-16-18-78-20-22-80-24-26-82-28-30-84-32-34-85-33-31-83-29-27-81-25-23-79-21-19-77-17-15-75-13-7-58/h5-6,9-10,35-37,40,49,65H,4,7-8,11-34,38-39,41-42,58H2,1-3H3,(H,59,67)(H,60,68)(H,63,70)(H,71,72)(H2,61,62,64)/t49-/m1/s1. The van der Waals surface area contributed by atoms with E-state index in [-0.39, 0.29) is 55.3 Å². The second-order valence-corrected chi connectivity index (χ2v) is 20.9. The van der Waals surface area contributed by atoms with Gasteiger partial charge in [0, 0.05) is 63.2 Å². The summed E-state index contributed by atoms with van der Waals surface area (Å²) in [6, 6.07) is 6.62. The minimum absolute atomic E-state index is 0.0697. The summed E-state index contributed by atoms with van der Waals surface area (Å²) in [5.74, 6) is -2.85. The molecule has 0 saturated carbocycles. The fourth-order valence-electron chi connectivity index (χ4n) is 8.21. The number of rotatable bonds is 53. The van der Waals surface area contributed by atoms with Crippen LogP contribution in [0.2, 0.25) is 0 Å². The molecule has 2 heterocycles. The predicted molar refractivity (Wildman–Crippen MR) is 318 cm³/mol. The molecule has 0 bridgehead atoms. The zero-order chi connectivity index (χ0) is 62.7. The topological polar surface area (TPSA) is 370 Å². The highest BCUT2D eigenvalue weighted by molar-refractivity contribution is 7.89. The molecule has 0 fully saturated rings. The molecule has 4 aromatic rings. The molecule has 29 nitrogen and oxygen atoms in total. The average Bonchev–Trinajstić information content (AvgIpc) is 2.11. The molecule has 4 rings (SSSR count). The van der Waals surface area contributed by atoms with E-state index >= 15 is 0 Å². The van der Waals surface area contributed by atoms with Crippen LogP contribution in [-0.2, 0) is 94.3 Å². The van der Waals surface area contributed by atoms with Gasteiger partial charge in [-0.1, -0.05) is 23.8 Å². The molecule has 0 radical (unpaired) electrons. The lowest BCUT2D eigenvalue weighted by Crippen LogP contribution is -2.49. The van der Waals surface area contributed by atoms with Crippen LogP contribution in [0.1, 0.15) is 39.0 Å². The summed E-state index contributed by atoms with van der Waals surface area (Å²) in [5, 5.41) is 21.1. The first-order valence-corrected chi connectivity index (χ1v) is 30.3. The largest absolute Gasteiger partial charge is 0.480 e. The number of carbonyl (C=O) groups is 4. The quantitative estimate of drug-likeness (QED) is 0.0274. The average molecular weight is 1250 g/mol. The molecule has 0 aliphatic rings. The molecule has 30 heteroatoms. The van der Waals surface area contributed by atoms with Crippen molar-refractivity contribution in [2.75, 3.05) is 190 Å². The number of sulfonamides is 1. The minimum Gasteiger partial charge on any atom is -0.480 e. The fourth-order valence-corrected chi connectivity index (χ4v) is 9.85. The first-order valence-electron chi connectivity index (χ1n) is 28.9. The van der Waals surface area contributed by atoms with Crippen molar-refractivity contribution in [3.05, 3.63) is 87.0 Å². The molecule has 0 aliphatic heterocycles. The molecule has 0 saturated heterocycles. The van der Waals surface area contributed by atoms with Gasteiger partial charge in [0.05, 0.1) is 156 Å². The number of ether oxygens (including phenoxy) is 12. The minimum atomic E-state index is -4.34. The van der Waals surface area contributed by atoms with Crippen molar-refractivity contribution in [1.82, 2.24) is 35.2 Å². The number of carbonyl (C=O) groups excluding carboxylic acids is 3. The number of aryl methyl sites for hydroxylation is 4. The lowest BCUT2D eigenvalue weighted by atomic mass is 10.1. The summed E-state index contributed by atoms with van der Waals surface area (Å²) in [7, 11) is -4.34. The molecule has 0 unspecified atom stereocenters. The van der Waals surface area contributed by atoms with Gasteiger partial charge >= 0.3 is 5.97 Å². The molecule has 0 spiro atoms. The number of imidazole rings is 1. The number of aliphatic carboxylic acids is 1. The molecule has 488 valence electrons. The Morgan fingerprint density at radius 1 is 0.632 bits per heavy atom. The Kier molecular flexibility index (Phi) is 37.4. The lowest BCUT2D eigenvalue weighted by Gasteiger charge is -2.19. The Labute approximate surface area is 507 Å². The number of fused-ring (bicyclic) bond motifs is 1. The first-order chi connectivity index (χ1) is 42.2. The number of pyridine rings is 1. The van der Waals surface area contributed by atoms with Gasteiger partial charge in [-0.2, -0.15) is 4.72 Å². The van der Waals surface area contributed by atoms with E-state index in [4.69, 9.17) is 62.6 Å². The number of amides is 3. The van der Waals surface area contributed by atoms with Gasteiger partial charge in [0.15, 0.2) is 5.95 Å². The van der Waals surface area contributed by atoms with Crippen molar-refractivity contribution in [1.29, 1.82) is 0 Å². The number of carboxylic acids is 1. The highest BCUT2D eigenvalue weighted by Crippen LogP contribution is 2.22. The molecule has 2 aromatic carbocycles. The summed E-state index contributed by atoms with van der Waals surface area (Å²) in [5.41, 5.74) is 7.32. The van der Waals surface area contributed by atoms with Crippen LogP contribution in [0.5, 0.6) is 0 Å². The normalized spacial score (nSPS) is 12.0. The number of nitrogens with one attached hydrogen (secondary N) is 6. The molecular weight excluding hydrogens is 1160 g/mol.